The van der Waals surface area contributed by atoms with Crippen molar-refractivity contribution in [1.82, 2.24) is 20.1 Å². The molecule has 186 valence electrons. The summed E-state index contributed by atoms with van der Waals surface area (Å²) in [5.41, 5.74) is 5.23. The third-order valence-corrected chi connectivity index (χ3v) is 8.21. The van der Waals surface area contributed by atoms with Gasteiger partial charge in [-0.05, 0) is 110 Å². The third-order valence-electron chi connectivity index (χ3n) is 7.05. The molecule has 0 aliphatic carbocycles. The highest BCUT2D eigenvalue weighted by molar-refractivity contribution is 7.11. The molecule has 3 rings (SSSR count). The van der Waals surface area contributed by atoms with Gasteiger partial charge in [-0.3, -0.25) is 9.59 Å². The summed E-state index contributed by atoms with van der Waals surface area (Å²) in [5.74, 6) is -0.126. The Hall–Kier alpha value is -2.22. The number of aromatic nitrogens is 1. The Balaban J connectivity index is 1.56. The highest BCUT2D eigenvalue weighted by atomic mass is 32.1. The summed E-state index contributed by atoms with van der Waals surface area (Å²) in [6, 6.07) is 2.65. The molecule has 0 atom stereocenters. The van der Waals surface area contributed by atoms with E-state index in [-0.39, 0.29) is 18.0 Å². The second-order valence-electron chi connectivity index (χ2n) is 9.68. The Morgan fingerprint density at radius 2 is 1.97 bits per heavy atom. The molecular formula is C27H40N4O2S. The maximum atomic E-state index is 12.9. The van der Waals surface area contributed by atoms with Crippen LogP contribution >= 0.6 is 11.3 Å². The number of amides is 1. The topological polar surface area (TPSA) is 68.4 Å². The van der Waals surface area contributed by atoms with Crippen molar-refractivity contribution in [3.05, 3.63) is 60.7 Å². The van der Waals surface area contributed by atoms with Crippen LogP contribution < -0.4 is 10.9 Å². The molecule has 1 aliphatic rings. The van der Waals surface area contributed by atoms with E-state index in [4.69, 9.17) is 0 Å². The fraction of sp³-hybridized carbons (Fsp3) is 0.556. The number of aromatic amines is 1. The van der Waals surface area contributed by atoms with E-state index >= 15 is 0 Å². The molecule has 0 aromatic carbocycles. The molecule has 7 heteroatoms. The van der Waals surface area contributed by atoms with Crippen LogP contribution in [0.3, 0.4) is 0 Å². The molecule has 34 heavy (non-hydrogen) atoms. The van der Waals surface area contributed by atoms with E-state index in [1.54, 1.807) is 11.3 Å². The summed E-state index contributed by atoms with van der Waals surface area (Å²) < 4.78 is 0. The van der Waals surface area contributed by atoms with E-state index in [1.807, 2.05) is 32.2 Å². The number of carbonyl (C=O) groups excluding carboxylic acids is 1. The molecule has 2 aromatic rings. The van der Waals surface area contributed by atoms with Crippen LogP contribution in [0.25, 0.3) is 5.57 Å². The predicted octanol–water partition coefficient (Wildman–Crippen LogP) is 4.50. The molecule has 0 spiro atoms. The van der Waals surface area contributed by atoms with Crippen LogP contribution in [-0.4, -0.2) is 60.5 Å². The van der Waals surface area contributed by atoms with Gasteiger partial charge in [-0.15, -0.1) is 11.3 Å². The zero-order valence-corrected chi connectivity index (χ0v) is 22.4. The second-order valence-corrected chi connectivity index (χ2v) is 10.6. The minimum Gasteiger partial charge on any atom is -0.348 e. The first-order valence-corrected chi connectivity index (χ1v) is 13.2. The van der Waals surface area contributed by atoms with Crippen molar-refractivity contribution in [3.63, 3.8) is 0 Å². The predicted molar refractivity (Wildman–Crippen MR) is 143 cm³/mol. The number of hydrogen-bond acceptors (Lipinski definition) is 5. The first-order chi connectivity index (χ1) is 16.2. The first kappa shape index (κ1) is 26.4. The quantitative estimate of drug-likeness (QED) is 0.550. The van der Waals surface area contributed by atoms with Gasteiger partial charge in [0.05, 0.1) is 5.56 Å². The normalized spacial score (nSPS) is 15.8. The smallest absolute Gasteiger partial charge is 0.253 e. The number of hydrogen-bond donors (Lipinski definition) is 2. The van der Waals surface area contributed by atoms with Crippen LogP contribution in [0.15, 0.2) is 22.3 Å². The van der Waals surface area contributed by atoms with Crippen LogP contribution in [0.1, 0.15) is 70.2 Å². The highest BCUT2D eigenvalue weighted by Crippen LogP contribution is 2.31. The van der Waals surface area contributed by atoms with Crippen LogP contribution in [0.4, 0.5) is 0 Å². The number of rotatable bonds is 9. The zero-order valence-electron chi connectivity index (χ0n) is 21.6. The van der Waals surface area contributed by atoms with Crippen molar-refractivity contribution in [2.75, 3.05) is 33.7 Å². The van der Waals surface area contributed by atoms with E-state index in [0.717, 1.165) is 36.2 Å². The van der Waals surface area contributed by atoms with Gasteiger partial charge in [-0.1, -0.05) is 6.08 Å². The summed E-state index contributed by atoms with van der Waals surface area (Å²) in [6.45, 7) is 11.6. The van der Waals surface area contributed by atoms with E-state index in [1.165, 1.54) is 36.4 Å². The number of thiophene rings is 1. The third kappa shape index (κ3) is 6.46. The van der Waals surface area contributed by atoms with Crippen molar-refractivity contribution in [1.29, 1.82) is 0 Å². The molecule has 1 fully saturated rings. The Labute approximate surface area is 208 Å². The number of nitrogens with one attached hydrogen (secondary N) is 2. The summed E-state index contributed by atoms with van der Waals surface area (Å²) in [4.78, 5) is 34.1. The number of pyridine rings is 1. The minimum atomic E-state index is -0.136. The zero-order chi connectivity index (χ0) is 24.8. The minimum absolute atomic E-state index is 0.126. The molecule has 0 bridgehead atoms. The van der Waals surface area contributed by atoms with Gasteiger partial charge in [0.25, 0.3) is 11.5 Å². The van der Waals surface area contributed by atoms with Gasteiger partial charge >= 0.3 is 0 Å². The fourth-order valence-corrected chi connectivity index (χ4v) is 6.04. The molecule has 6 nitrogen and oxygen atoms in total. The number of likely N-dealkylation sites (tertiary alicyclic amines) is 1. The van der Waals surface area contributed by atoms with Gasteiger partial charge < -0.3 is 20.1 Å². The summed E-state index contributed by atoms with van der Waals surface area (Å²) in [6.07, 6.45) is 6.83. The molecule has 1 saturated heterocycles. The van der Waals surface area contributed by atoms with Gasteiger partial charge in [0, 0.05) is 34.1 Å². The molecule has 2 N–H and O–H groups in total. The van der Waals surface area contributed by atoms with Crippen molar-refractivity contribution in [3.8, 4) is 0 Å². The number of allylic oxidation sites excluding steroid dienone is 2. The molecule has 2 aromatic heterocycles. The Bertz CT molecular complexity index is 1070. The number of carbonyl (C=O) groups is 1. The first-order valence-electron chi connectivity index (χ1n) is 12.3. The fourth-order valence-electron chi connectivity index (χ4n) is 4.86. The van der Waals surface area contributed by atoms with Crippen molar-refractivity contribution in [2.45, 2.75) is 66.0 Å². The number of H-pyrrole nitrogens is 1. The molecule has 0 unspecified atom stereocenters. The van der Waals surface area contributed by atoms with Gasteiger partial charge in [0.1, 0.15) is 0 Å². The van der Waals surface area contributed by atoms with Gasteiger partial charge in [-0.25, -0.2) is 0 Å². The van der Waals surface area contributed by atoms with Crippen LogP contribution in [0.5, 0.6) is 0 Å². The van der Waals surface area contributed by atoms with Crippen molar-refractivity contribution in [2.24, 2.45) is 0 Å². The van der Waals surface area contributed by atoms with E-state index in [2.05, 4.69) is 47.2 Å². The lowest BCUT2D eigenvalue weighted by atomic mass is 10.0. The van der Waals surface area contributed by atoms with Crippen LogP contribution in [0, 0.1) is 20.8 Å². The lowest BCUT2D eigenvalue weighted by Crippen LogP contribution is -2.42. The molecule has 1 amide bonds. The largest absolute Gasteiger partial charge is 0.348 e. The lowest BCUT2D eigenvalue weighted by Gasteiger charge is -2.35. The second kappa shape index (κ2) is 12.0. The van der Waals surface area contributed by atoms with E-state index < -0.39 is 0 Å². The van der Waals surface area contributed by atoms with E-state index in [0.29, 0.717) is 17.2 Å². The van der Waals surface area contributed by atoms with E-state index in [9.17, 15) is 9.59 Å². The maximum Gasteiger partial charge on any atom is 0.253 e. The molecule has 0 saturated carbocycles. The van der Waals surface area contributed by atoms with Crippen LogP contribution in [0.2, 0.25) is 0 Å². The standard InChI is InChI=1S/C27H40N4O2S/c1-7-21(9-8-12-31-13-10-22(11-14-31)30(5)6)25-20(4)24(17-34-25)26(32)28-16-23-18(2)15-19(3)29-27(23)33/h7,15,17,22H,8-14,16H2,1-6H3,(H,28,32)(H,29,33)/b21-7+. The molecular weight excluding hydrogens is 444 g/mol. The molecule has 0 radical (unpaired) electrons. The lowest BCUT2D eigenvalue weighted by molar-refractivity contribution is 0.0950. The maximum absolute atomic E-state index is 12.9. The average molecular weight is 485 g/mol. The number of nitrogens with zero attached hydrogens (tertiary/aromatic N) is 2. The van der Waals surface area contributed by atoms with Crippen molar-refractivity contribution >= 4 is 22.8 Å². The molecule has 3 heterocycles. The molecule has 1 aliphatic heterocycles. The monoisotopic (exact) mass is 484 g/mol. The van der Waals surface area contributed by atoms with Crippen LogP contribution in [-0.2, 0) is 6.54 Å². The summed E-state index contributed by atoms with van der Waals surface area (Å²) in [5, 5.41) is 4.89. The number of aryl methyl sites for hydroxylation is 2. The van der Waals surface area contributed by atoms with Gasteiger partial charge in [0.15, 0.2) is 0 Å². The number of piperidine rings is 1. The summed E-state index contributed by atoms with van der Waals surface area (Å²) >= 11 is 1.64. The summed E-state index contributed by atoms with van der Waals surface area (Å²) in [7, 11) is 4.36. The SMILES string of the molecule is C/C=C(\CCCN1CCC(N(C)C)CC1)c1scc(C(=O)NCc2c(C)cc(C)[nH]c2=O)c1C. The Morgan fingerprint density at radius 1 is 1.26 bits per heavy atom. The Kier molecular flexibility index (Phi) is 9.28. The average Bonchev–Trinajstić information content (AvgIpc) is 3.17. The van der Waals surface area contributed by atoms with Gasteiger partial charge in [0.2, 0.25) is 0 Å². The highest BCUT2D eigenvalue weighted by Gasteiger charge is 2.21. The Morgan fingerprint density at radius 3 is 2.59 bits per heavy atom. The van der Waals surface area contributed by atoms with Crippen molar-refractivity contribution < 1.29 is 4.79 Å². The van der Waals surface area contributed by atoms with Gasteiger partial charge in [-0.2, -0.15) is 0 Å².